The molecule has 1 aromatic heterocycles. The molecule has 62 valence electrons. The van der Waals surface area contributed by atoms with Gasteiger partial charge < -0.3 is 5.73 Å². The zero-order chi connectivity index (χ0) is 8.48. The fourth-order valence-electron chi connectivity index (χ4n) is 0.775. The standard InChI is InChI=1S/C7H14N4/c1-7(2,3)5(8)6-9-4-10-11-6/h4-5H,8H2,1-3H3,(H,9,10,11)/t5-/m1/s1. The molecule has 0 spiro atoms. The van der Waals surface area contributed by atoms with Gasteiger partial charge in [0.2, 0.25) is 0 Å². The lowest BCUT2D eigenvalue weighted by molar-refractivity contribution is 0.316. The Balaban J connectivity index is 2.78. The highest BCUT2D eigenvalue weighted by atomic mass is 15.2. The fourth-order valence-corrected chi connectivity index (χ4v) is 0.775. The summed E-state index contributed by atoms with van der Waals surface area (Å²) in [6.45, 7) is 6.21. The molecule has 0 radical (unpaired) electrons. The molecule has 3 N–H and O–H groups in total. The van der Waals surface area contributed by atoms with Crippen LogP contribution in [0.4, 0.5) is 0 Å². The van der Waals surface area contributed by atoms with Gasteiger partial charge in [0, 0.05) is 0 Å². The van der Waals surface area contributed by atoms with Gasteiger partial charge >= 0.3 is 0 Å². The molecule has 1 aromatic rings. The van der Waals surface area contributed by atoms with Crippen LogP contribution < -0.4 is 5.73 Å². The van der Waals surface area contributed by atoms with E-state index in [4.69, 9.17) is 5.73 Å². The van der Waals surface area contributed by atoms with Gasteiger partial charge in [-0.15, -0.1) is 0 Å². The van der Waals surface area contributed by atoms with E-state index in [0.717, 1.165) is 5.82 Å². The van der Waals surface area contributed by atoms with Crippen molar-refractivity contribution in [3.8, 4) is 0 Å². The molecule has 0 amide bonds. The molecule has 1 rings (SSSR count). The summed E-state index contributed by atoms with van der Waals surface area (Å²) in [6.07, 6.45) is 1.47. The molecule has 4 nitrogen and oxygen atoms in total. The number of aromatic nitrogens is 3. The van der Waals surface area contributed by atoms with Gasteiger partial charge in [-0.25, -0.2) is 4.98 Å². The second kappa shape index (κ2) is 2.62. The fraction of sp³-hybridized carbons (Fsp3) is 0.714. The first-order valence-electron chi connectivity index (χ1n) is 3.62. The quantitative estimate of drug-likeness (QED) is 0.630. The summed E-state index contributed by atoms with van der Waals surface area (Å²) in [5.74, 6) is 0.748. The van der Waals surface area contributed by atoms with Crippen molar-refractivity contribution in [3.05, 3.63) is 12.2 Å². The maximum atomic E-state index is 5.88. The summed E-state index contributed by atoms with van der Waals surface area (Å²) in [7, 11) is 0. The van der Waals surface area contributed by atoms with Crippen molar-refractivity contribution in [2.45, 2.75) is 26.8 Å². The first-order chi connectivity index (χ1) is 5.02. The summed E-state index contributed by atoms with van der Waals surface area (Å²) in [5.41, 5.74) is 5.91. The number of rotatable bonds is 1. The third-order valence-electron chi connectivity index (χ3n) is 1.66. The number of hydrogen-bond donors (Lipinski definition) is 2. The third kappa shape index (κ3) is 1.77. The average molecular weight is 154 g/mol. The second-order valence-electron chi connectivity index (χ2n) is 3.71. The number of nitrogens with one attached hydrogen (secondary N) is 1. The Morgan fingerprint density at radius 1 is 1.55 bits per heavy atom. The van der Waals surface area contributed by atoms with Crippen LogP contribution in [0.1, 0.15) is 32.6 Å². The monoisotopic (exact) mass is 154 g/mol. The highest BCUT2D eigenvalue weighted by Crippen LogP contribution is 2.27. The molecule has 11 heavy (non-hydrogen) atoms. The largest absolute Gasteiger partial charge is 0.321 e. The molecule has 0 saturated heterocycles. The zero-order valence-electron chi connectivity index (χ0n) is 7.13. The number of H-pyrrole nitrogens is 1. The summed E-state index contributed by atoms with van der Waals surface area (Å²) in [5, 5.41) is 6.50. The predicted octanol–water partition coefficient (Wildman–Crippen LogP) is 0.851. The molecule has 0 aliphatic carbocycles. The Morgan fingerprint density at radius 2 is 2.18 bits per heavy atom. The first kappa shape index (κ1) is 8.20. The molecule has 0 unspecified atom stereocenters. The van der Waals surface area contributed by atoms with Gasteiger partial charge in [-0.05, 0) is 5.41 Å². The average Bonchev–Trinajstić information content (AvgIpc) is 2.34. The lowest BCUT2D eigenvalue weighted by atomic mass is 9.87. The van der Waals surface area contributed by atoms with Crippen LogP contribution in [0, 0.1) is 5.41 Å². The van der Waals surface area contributed by atoms with Gasteiger partial charge in [0.25, 0.3) is 0 Å². The van der Waals surface area contributed by atoms with E-state index in [1.165, 1.54) is 6.33 Å². The molecule has 0 bridgehead atoms. The predicted molar refractivity (Wildman–Crippen MR) is 42.8 cm³/mol. The molecular formula is C7H14N4. The van der Waals surface area contributed by atoms with Gasteiger partial charge in [-0.1, -0.05) is 20.8 Å². The second-order valence-corrected chi connectivity index (χ2v) is 3.71. The van der Waals surface area contributed by atoms with Crippen molar-refractivity contribution in [3.63, 3.8) is 0 Å². The topological polar surface area (TPSA) is 67.6 Å². The Labute approximate surface area is 66.2 Å². The molecular weight excluding hydrogens is 140 g/mol. The number of nitrogens with zero attached hydrogens (tertiary/aromatic N) is 2. The molecule has 0 aliphatic heterocycles. The summed E-state index contributed by atoms with van der Waals surface area (Å²) in [6, 6.07) is -0.0787. The van der Waals surface area contributed by atoms with Gasteiger partial charge in [-0.2, -0.15) is 5.10 Å². The van der Waals surface area contributed by atoms with Crippen LogP contribution in [0.15, 0.2) is 6.33 Å². The van der Waals surface area contributed by atoms with Crippen molar-refractivity contribution >= 4 is 0 Å². The van der Waals surface area contributed by atoms with E-state index >= 15 is 0 Å². The van der Waals surface area contributed by atoms with E-state index in [0.29, 0.717) is 0 Å². The minimum Gasteiger partial charge on any atom is -0.321 e. The Bertz CT molecular complexity index is 209. The summed E-state index contributed by atoms with van der Waals surface area (Å²) >= 11 is 0. The van der Waals surface area contributed by atoms with Crippen molar-refractivity contribution < 1.29 is 0 Å². The van der Waals surface area contributed by atoms with Crippen LogP contribution in [0.2, 0.25) is 0 Å². The van der Waals surface area contributed by atoms with Gasteiger partial charge in [0.15, 0.2) is 0 Å². The van der Waals surface area contributed by atoms with Crippen LogP contribution in [0.25, 0.3) is 0 Å². The van der Waals surface area contributed by atoms with Crippen molar-refractivity contribution in [2.75, 3.05) is 0 Å². The van der Waals surface area contributed by atoms with Crippen LogP contribution in [-0.4, -0.2) is 15.2 Å². The SMILES string of the molecule is CC(C)(C)[C@H](N)c1ncn[nH]1. The molecule has 1 heterocycles. The van der Waals surface area contributed by atoms with E-state index in [1.807, 2.05) is 0 Å². The molecule has 0 saturated carbocycles. The number of aromatic amines is 1. The number of nitrogens with two attached hydrogens (primary N) is 1. The zero-order valence-corrected chi connectivity index (χ0v) is 7.13. The molecule has 1 atom stereocenters. The van der Waals surface area contributed by atoms with E-state index in [1.54, 1.807) is 0 Å². The van der Waals surface area contributed by atoms with Crippen LogP contribution >= 0.6 is 0 Å². The van der Waals surface area contributed by atoms with E-state index in [-0.39, 0.29) is 11.5 Å². The van der Waals surface area contributed by atoms with Crippen LogP contribution in [0.5, 0.6) is 0 Å². The molecule has 0 fully saturated rings. The van der Waals surface area contributed by atoms with Crippen molar-refractivity contribution in [1.29, 1.82) is 0 Å². The Kier molecular flexibility index (Phi) is 1.95. The maximum Gasteiger partial charge on any atom is 0.141 e. The van der Waals surface area contributed by atoms with Gasteiger partial charge in [0.1, 0.15) is 12.2 Å². The van der Waals surface area contributed by atoms with Crippen molar-refractivity contribution in [2.24, 2.45) is 11.1 Å². The lowest BCUT2D eigenvalue weighted by Crippen LogP contribution is -2.27. The van der Waals surface area contributed by atoms with Gasteiger partial charge in [0.05, 0.1) is 6.04 Å². The third-order valence-corrected chi connectivity index (χ3v) is 1.66. The summed E-state index contributed by atoms with van der Waals surface area (Å²) in [4.78, 5) is 3.99. The van der Waals surface area contributed by atoms with E-state index in [9.17, 15) is 0 Å². The maximum absolute atomic E-state index is 5.88. The van der Waals surface area contributed by atoms with Crippen LogP contribution in [-0.2, 0) is 0 Å². The molecule has 0 aromatic carbocycles. The Hall–Kier alpha value is -0.900. The minimum absolute atomic E-state index is 0.0273. The minimum atomic E-state index is -0.0787. The highest BCUT2D eigenvalue weighted by molar-refractivity contribution is 4.95. The summed E-state index contributed by atoms with van der Waals surface area (Å²) < 4.78 is 0. The van der Waals surface area contributed by atoms with Gasteiger partial charge in [-0.3, -0.25) is 5.10 Å². The highest BCUT2D eigenvalue weighted by Gasteiger charge is 2.24. The molecule has 0 aliphatic rings. The normalized spacial score (nSPS) is 14.9. The molecule has 4 heteroatoms. The Morgan fingerprint density at radius 3 is 2.55 bits per heavy atom. The smallest absolute Gasteiger partial charge is 0.141 e. The van der Waals surface area contributed by atoms with Crippen molar-refractivity contribution in [1.82, 2.24) is 15.2 Å². The van der Waals surface area contributed by atoms with E-state index < -0.39 is 0 Å². The van der Waals surface area contributed by atoms with Crippen LogP contribution in [0.3, 0.4) is 0 Å². The number of hydrogen-bond acceptors (Lipinski definition) is 3. The van der Waals surface area contributed by atoms with E-state index in [2.05, 4.69) is 36.0 Å². The first-order valence-corrected chi connectivity index (χ1v) is 3.62. The lowest BCUT2D eigenvalue weighted by Gasteiger charge is -2.24.